The fourth-order valence-electron chi connectivity index (χ4n) is 2.10. The third kappa shape index (κ3) is 2.44. The molecule has 1 aliphatic rings. The summed E-state index contributed by atoms with van der Waals surface area (Å²) in [6.07, 6.45) is 2.48. The van der Waals surface area contributed by atoms with E-state index < -0.39 is 28.2 Å². The zero-order valence-electron chi connectivity index (χ0n) is 11.4. The molecule has 0 radical (unpaired) electrons. The van der Waals surface area contributed by atoms with Crippen LogP contribution in [0.4, 0.5) is 10.1 Å². The van der Waals surface area contributed by atoms with Crippen LogP contribution in [0, 0.1) is 15.9 Å². The van der Waals surface area contributed by atoms with Crippen LogP contribution in [0.3, 0.4) is 0 Å². The van der Waals surface area contributed by atoms with Gasteiger partial charge in [0.25, 0.3) is 17.5 Å². The molecule has 0 saturated heterocycles. The lowest BCUT2D eigenvalue weighted by Crippen LogP contribution is -2.31. The van der Waals surface area contributed by atoms with E-state index in [-0.39, 0.29) is 23.3 Å². The lowest BCUT2D eigenvalue weighted by molar-refractivity contribution is -0.385. The van der Waals surface area contributed by atoms with Crippen molar-refractivity contribution in [1.29, 1.82) is 0 Å². The third-order valence-electron chi connectivity index (χ3n) is 3.23. The van der Waals surface area contributed by atoms with Gasteiger partial charge in [-0.15, -0.1) is 0 Å². The summed E-state index contributed by atoms with van der Waals surface area (Å²) in [5.74, 6) is -2.07. The number of rotatable bonds is 5. The van der Waals surface area contributed by atoms with Gasteiger partial charge in [-0.1, -0.05) is 25.3 Å². The standard InChI is InChI=1S/C15H11FN2O4/c1-3-11-12(4-2)15(20)17(14(11)19)8-9-5-6-10(18(21)22)7-13(9)16/h3-7H,1-2,8H2. The second-order valence-electron chi connectivity index (χ2n) is 4.46. The minimum atomic E-state index is -0.859. The van der Waals surface area contributed by atoms with Crippen LogP contribution in [-0.4, -0.2) is 21.6 Å². The van der Waals surface area contributed by atoms with Gasteiger partial charge in [0, 0.05) is 11.6 Å². The van der Waals surface area contributed by atoms with E-state index >= 15 is 0 Å². The van der Waals surface area contributed by atoms with Gasteiger partial charge in [-0.05, 0) is 6.07 Å². The highest BCUT2D eigenvalue weighted by molar-refractivity contribution is 6.21. The van der Waals surface area contributed by atoms with Crippen LogP contribution in [0.2, 0.25) is 0 Å². The molecule has 0 fully saturated rings. The summed E-state index contributed by atoms with van der Waals surface area (Å²) >= 11 is 0. The van der Waals surface area contributed by atoms with Crippen LogP contribution < -0.4 is 0 Å². The van der Waals surface area contributed by atoms with Crippen molar-refractivity contribution in [2.75, 3.05) is 0 Å². The van der Waals surface area contributed by atoms with Gasteiger partial charge in [0.2, 0.25) is 0 Å². The number of imide groups is 1. The van der Waals surface area contributed by atoms with Crippen molar-refractivity contribution in [2.45, 2.75) is 6.54 Å². The highest BCUT2D eigenvalue weighted by Gasteiger charge is 2.35. The molecule has 2 rings (SSSR count). The van der Waals surface area contributed by atoms with Crippen molar-refractivity contribution in [3.05, 3.63) is 76.2 Å². The summed E-state index contributed by atoms with van der Waals surface area (Å²) in [4.78, 5) is 34.9. The highest BCUT2D eigenvalue weighted by atomic mass is 19.1. The number of nitrogens with zero attached hydrogens (tertiary/aromatic N) is 2. The summed E-state index contributed by atoms with van der Waals surface area (Å²) in [6.45, 7) is 6.60. The topological polar surface area (TPSA) is 80.5 Å². The Balaban J connectivity index is 2.31. The minimum absolute atomic E-state index is 0.000949. The van der Waals surface area contributed by atoms with Crippen LogP contribution in [0.15, 0.2) is 54.7 Å². The van der Waals surface area contributed by atoms with E-state index in [0.29, 0.717) is 0 Å². The molecule has 0 atom stereocenters. The molecule has 0 saturated carbocycles. The van der Waals surface area contributed by atoms with Crippen LogP contribution in [0.25, 0.3) is 0 Å². The molecule has 1 aliphatic heterocycles. The number of non-ortho nitro benzene ring substituents is 1. The number of nitro groups is 1. The normalized spacial score (nSPS) is 14.5. The lowest BCUT2D eigenvalue weighted by atomic mass is 10.1. The number of carbonyl (C=O) groups is 2. The number of hydrogen-bond donors (Lipinski definition) is 0. The predicted molar refractivity (Wildman–Crippen MR) is 76.0 cm³/mol. The maximum Gasteiger partial charge on any atom is 0.272 e. The lowest BCUT2D eigenvalue weighted by Gasteiger charge is -2.15. The fraction of sp³-hybridized carbons (Fsp3) is 0.0667. The highest BCUT2D eigenvalue weighted by Crippen LogP contribution is 2.25. The maximum absolute atomic E-state index is 13.9. The maximum atomic E-state index is 13.9. The molecular weight excluding hydrogens is 291 g/mol. The van der Waals surface area contributed by atoms with E-state index in [4.69, 9.17) is 0 Å². The molecule has 0 N–H and O–H groups in total. The van der Waals surface area contributed by atoms with E-state index in [1.165, 1.54) is 18.2 Å². The molecule has 1 aromatic carbocycles. The second-order valence-corrected chi connectivity index (χ2v) is 4.46. The van der Waals surface area contributed by atoms with Gasteiger partial charge in [0.15, 0.2) is 0 Å². The Morgan fingerprint density at radius 1 is 1.18 bits per heavy atom. The molecule has 22 heavy (non-hydrogen) atoms. The Hall–Kier alpha value is -3.09. The number of benzene rings is 1. The van der Waals surface area contributed by atoms with E-state index in [9.17, 15) is 24.1 Å². The molecule has 0 unspecified atom stereocenters. The SMILES string of the molecule is C=CC1=C(C=C)C(=O)N(Cc2ccc([N+](=O)[O-])cc2F)C1=O. The molecule has 1 heterocycles. The Bertz CT molecular complexity index is 722. The van der Waals surface area contributed by atoms with Crippen LogP contribution in [-0.2, 0) is 16.1 Å². The van der Waals surface area contributed by atoms with E-state index in [0.717, 1.165) is 17.0 Å². The first kappa shape index (κ1) is 15.3. The van der Waals surface area contributed by atoms with Crippen LogP contribution in [0.1, 0.15) is 5.56 Å². The number of amides is 2. The second kappa shape index (κ2) is 5.72. The van der Waals surface area contributed by atoms with Gasteiger partial charge in [0.1, 0.15) is 5.82 Å². The number of halogens is 1. The van der Waals surface area contributed by atoms with Gasteiger partial charge >= 0.3 is 0 Å². The zero-order valence-corrected chi connectivity index (χ0v) is 11.4. The van der Waals surface area contributed by atoms with E-state index in [1.54, 1.807) is 0 Å². The molecule has 7 heteroatoms. The van der Waals surface area contributed by atoms with Gasteiger partial charge < -0.3 is 0 Å². The smallest absolute Gasteiger partial charge is 0.270 e. The average molecular weight is 302 g/mol. The molecule has 1 aromatic rings. The third-order valence-corrected chi connectivity index (χ3v) is 3.23. The first-order valence-corrected chi connectivity index (χ1v) is 6.18. The number of carbonyl (C=O) groups excluding carboxylic acids is 2. The first-order valence-electron chi connectivity index (χ1n) is 6.18. The average Bonchev–Trinajstić information content (AvgIpc) is 2.71. The zero-order chi connectivity index (χ0) is 16.4. The molecule has 0 bridgehead atoms. The Kier molecular flexibility index (Phi) is 3.98. The summed E-state index contributed by atoms with van der Waals surface area (Å²) < 4.78 is 13.9. The van der Waals surface area contributed by atoms with Crippen molar-refractivity contribution in [1.82, 2.24) is 4.90 Å². The quantitative estimate of drug-likeness (QED) is 0.475. The van der Waals surface area contributed by atoms with Crippen molar-refractivity contribution < 1.29 is 18.9 Å². The van der Waals surface area contributed by atoms with Crippen molar-refractivity contribution in [3.8, 4) is 0 Å². The molecule has 0 aliphatic carbocycles. The molecule has 0 spiro atoms. The molecule has 2 amide bonds. The van der Waals surface area contributed by atoms with Gasteiger partial charge in [-0.25, -0.2) is 4.39 Å². The summed E-state index contributed by atoms with van der Waals surface area (Å²) in [5, 5.41) is 10.6. The van der Waals surface area contributed by atoms with Crippen LogP contribution in [0.5, 0.6) is 0 Å². The van der Waals surface area contributed by atoms with Crippen molar-refractivity contribution in [2.24, 2.45) is 0 Å². The predicted octanol–water partition coefficient (Wildman–Crippen LogP) is 2.27. The van der Waals surface area contributed by atoms with Crippen molar-refractivity contribution in [3.63, 3.8) is 0 Å². The summed E-state index contributed by atoms with van der Waals surface area (Å²) in [7, 11) is 0. The molecule has 6 nitrogen and oxygen atoms in total. The molecular formula is C15H11FN2O4. The van der Waals surface area contributed by atoms with Crippen molar-refractivity contribution >= 4 is 17.5 Å². The molecule has 0 aromatic heterocycles. The van der Waals surface area contributed by atoms with Gasteiger partial charge in [-0.2, -0.15) is 0 Å². The Morgan fingerprint density at radius 2 is 1.73 bits per heavy atom. The van der Waals surface area contributed by atoms with E-state index in [2.05, 4.69) is 13.2 Å². The summed E-state index contributed by atoms with van der Waals surface area (Å²) in [5.41, 5.74) is -0.206. The number of hydrogen-bond acceptors (Lipinski definition) is 4. The molecule has 112 valence electrons. The summed E-state index contributed by atoms with van der Waals surface area (Å²) in [6, 6.07) is 3.03. The minimum Gasteiger partial charge on any atom is -0.270 e. The Morgan fingerprint density at radius 3 is 2.14 bits per heavy atom. The van der Waals surface area contributed by atoms with Crippen LogP contribution >= 0.6 is 0 Å². The van der Waals surface area contributed by atoms with Gasteiger partial charge in [-0.3, -0.25) is 24.6 Å². The first-order chi connectivity index (χ1) is 10.4. The monoisotopic (exact) mass is 302 g/mol. The largest absolute Gasteiger partial charge is 0.272 e. The fourth-order valence-corrected chi connectivity index (χ4v) is 2.10. The van der Waals surface area contributed by atoms with E-state index in [1.807, 2.05) is 0 Å². The van der Waals surface area contributed by atoms with Gasteiger partial charge in [0.05, 0.1) is 28.7 Å². The number of nitro benzene ring substituents is 1. The Labute approximate surface area is 125 Å².